The number of ether oxygens (including phenoxy) is 1. The summed E-state index contributed by atoms with van der Waals surface area (Å²) in [6.45, 7) is 4.34. The average Bonchev–Trinajstić information content (AvgIpc) is 2.87. The van der Waals surface area contributed by atoms with E-state index in [9.17, 15) is 0 Å². The first kappa shape index (κ1) is 26.3. The van der Waals surface area contributed by atoms with Gasteiger partial charge in [0, 0.05) is 5.56 Å². The van der Waals surface area contributed by atoms with Crippen LogP contribution < -0.4 is 23.4 Å². The highest BCUT2D eigenvalue weighted by molar-refractivity contribution is 5.75. The van der Waals surface area contributed by atoms with Crippen LogP contribution in [0.15, 0.2) is 89.3 Å². The molecule has 0 atom stereocenters. The van der Waals surface area contributed by atoms with Crippen LogP contribution in [0, 0.1) is 10.2 Å². The number of hydrogen-bond acceptors (Lipinski definition) is 5. The van der Waals surface area contributed by atoms with Crippen LogP contribution in [0.25, 0.3) is 33.8 Å². The number of benzene rings is 3. The highest BCUT2D eigenvalue weighted by atomic mass is 35.7. The minimum absolute atomic E-state index is 0.852. The van der Waals surface area contributed by atoms with Crippen LogP contribution in [0.3, 0.4) is 0 Å². The molecule has 0 bridgehead atoms. The monoisotopic (exact) mass is 494 g/mol. The Labute approximate surface area is 207 Å². The molecule has 0 amide bonds. The predicted octanol–water partition coefficient (Wildman–Crippen LogP) is 2.94. The summed E-state index contributed by atoms with van der Waals surface area (Å²) in [6, 6.07) is 29.6. The van der Waals surface area contributed by atoms with Gasteiger partial charge in [0.2, 0.25) is 0 Å². The van der Waals surface area contributed by atoms with E-state index in [0.717, 1.165) is 52.4 Å². The molecule has 0 aliphatic rings. The third kappa shape index (κ3) is 7.89. The molecule has 3 aromatic carbocycles. The molecule has 6 nitrogen and oxygen atoms in total. The fraction of sp³-hybridized carbons (Fsp3) is 0.179. The summed E-state index contributed by atoms with van der Waals surface area (Å²) in [5.41, 5.74) is 7.04. The van der Waals surface area contributed by atoms with Crippen LogP contribution in [-0.2, 0) is 12.8 Å². The number of rotatable bonds is 6. The molecule has 0 unspecified atom stereocenters. The number of halogens is 1. The summed E-state index contributed by atoms with van der Waals surface area (Å²) in [4.78, 5) is 0. The molecule has 0 aliphatic heterocycles. The zero-order chi connectivity index (χ0) is 25.4. The first-order chi connectivity index (χ1) is 16.7. The maximum absolute atomic E-state index is 8.49. The summed E-state index contributed by atoms with van der Waals surface area (Å²) < 4.78 is 45.7. The third-order valence-corrected chi connectivity index (χ3v) is 5.51. The van der Waals surface area contributed by atoms with E-state index in [0.29, 0.717) is 0 Å². The van der Waals surface area contributed by atoms with Crippen LogP contribution in [0.4, 0.5) is 0 Å². The van der Waals surface area contributed by atoms with Gasteiger partial charge in [0.25, 0.3) is 0 Å². The summed E-state index contributed by atoms with van der Waals surface area (Å²) in [7, 11) is -3.26. The maximum Gasteiger partial charge on any atom is 0.361 e. The minimum atomic E-state index is -4.94. The third-order valence-electron chi connectivity index (χ3n) is 5.51. The van der Waals surface area contributed by atoms with Crippen molar-refractivity contribution in [1.82, 2.24) is 0 Å². The molecule has 1 aromatic heterocycles. The Hall–Kier alpha value is -3.26. The van der Waals surface area contributed by atoms with Gasteiger partial charge in [-0.3, -0.25) is 0 Å². The van der Waals surface area contributed by atoms with Crippen molar-refractivity contribution in [3.8, 4) is 39.5 Å². The zero-order valence-electron chi connectivity index (χ0n) is 19.8. The van der Waals surface area contributed by atoms with Gasteiger partial charge in [-0.1, -0.05) is 50.2 Å². The summed E-state index contributed by atoms with van der Waals surface area (Å²) in [6.07, 6.45) is 2.05. The lowest BCUT2D eigenvalue weighted by Crippen LogP contribution is -2.68. The zero-order valence-corrected chi connectivity index (χ0v) is 20.6. The number of hydrogen-bond donors (Lipinski definition) is 0. The van der Waals surface area contributed by atoms with Gasteiger partial charge in [-0.25, -0.2) is 23.1 Å². The fourth-order valence-corrected chi connectivity index (χ4v) is 3.55. The smallest absolute Gasteiger partial charge is 0.361 e. The van der Waals surface area contributed by atoms with E-state index in [1.54, 1.807) is 7.11 Å². The molecule has 0 saturated heterocycles. The van der Waals surface area contributed by atoms with Gasteiger partial charge in [-0.2, -0.15) is 0 Å². The Morgan fingerprint density at radius 2 is 0.971 bits per heavy atom. The largest absolute Gasteiger partial charge is 0.497 e. The van der Waals surface area contributed by atoms with Gasteiger partial charge in [0.05, 0.1) is 30.4 Å². The van der Waals surface area contributed by atoms with Gasteiger partial charge in [-0.15, -0.1) is 10.2 Å². The van der Waals surface area contributed by atoms with Crippen molar-refractivity contribution < 1.29 is 38.0 Å². The highest BCUT2D eigenvalue weighted by Gasteiger charge is 2.20. The van der Waals surface area contributed by atoms with E-state index < -0.39 is 10.2 Å². The lowest BCUT2D eigenvalue weighted by Gasteiger charge is -2.17. The number of methoxy groups -OCH3 is 1. The van der Waals surface area contributed by atoms with Crippen molar-refractivity contribution in [2.75, 3.05) is 7.11 Å². The molecule has 1 heterocycles. The Morgan fingerprint density at radius 1 is 0.600 bits per heavy atom. The molecular weight excluding hydrogens is 468 g/mol. The van der Waals surface area contributed by atoms with E-state index in [-0.39, 0.29) is 0 Å². The molecule has 35 heavy (non-hydrogen) atoms. The Morgan fingerprint density at radius 3 is 1.31 bits per heavy atom. The molecule has 0 aliphatic carbocycles. The van der Waals surface area contributed by atoms with E-state index in [4.69, 9.17) is 27.8 Å². The van der Waals surface area contributed by atoms with Crippen molar-refractivity contribution >= 4 is 0 Å². The molecule has 0 spiro atoms. The van der Waals surface area contributed by atoms with E-state index in [1.165, 1.54) is 11.1 Å². The first-order valence-electron chi connectivity index (χ1n) is 11.1. The summed E-state index contributed by atoms with van der Waals surface area (Å²) in [5, 5.41) is 0. The van der Waals surface area contributed by atoms with Crippen LogP contribution in [0.5, 0.6) is 5.75 Å². The molecule has 182 valence electrons. The second-order valence-corrected chi connectivity index (χ2v) is 8.54. The van der Waals surface area contributed by atoms with Crippen LogP contribution in [0.2, 0.25) is 0 Å². The molecule has 0 fully saturated rings. The van der Waals surface area contributed by atoms with Gasteiger partial charge in [0.15, 0.2) is 0 Å². The summed E-state index contributed by atoms with van der Waals surface area (Å²) in [5.74, 6) is 2.58. The van der Waals surface area contributed by atoms with Gasteiger partial charge < -0.3 is 4.74 Å². The van der Waals surface area contributed by atoms with Crippen molar-refractivity contribution in [3.05, 3.63) is 96.1 Å². The van der Waals surface area contributed by atoms with Gasteiger partial charge in [0.1, 0.15) is 5.75 Å². The van der Waals surface area contributed by atoms with Gasteiger partial charge in [-0.05, 0) is 65.9 Å². The lowest BCUT2D eigenvalue weighted by atomic mass is 10.0. The number of aryl methyl sites for hydroxylation is 2. The summed E-state index contributed by atoms with van der Waals surface area (Å²) >= 11 is 0. The molecular formula is C28H27ClO6. The van der Waals surface area contributed by atoms with Gasteiger partial charge >= 0.3 is 11.5 Å². The molecule has 0 N–H and O–H groups in total. The van der Waals surface area contributed by atoms with Crippen LogP contribution >= 0.6 is 0 Å². The van der Waals surface area contributed by atoms with E-state index in [2.05, 4.69) is 86.6 Å². The normalized spacial score (nSPS) is 10.9. The quantitative estimate of drug-likeness (QED) is 0.381. The second-order valence-electron chi connectivity index (χ2n) is 7.78. The molecule has 7 heteroatoms. The predicted molar refractivity (Wildman–Crippen MR) is 125 cm³/mol. The standard InChI is InChI=1S/C28H27O2.ClHO4/c1-4-20-6-10-23(11-7-20)27-18-25(22-14-16-26(29-3)17-15-22)19-28(30-27)24-12-8-21(5-2)9-13-24;2-1(3,4)5/h6-19H,4-5H2,1-3H3;(H,2,3,4,5)/q+1;/p-1. The highest BCUT2D eigenvalue weighted by Crippen LogP contribution is 2.33. The van der Waals surface area contributed by atoms with E-state index >= 15 is 0 Å². The van der Waals surface area contributed by atoms with Crippen molar-refractivity contribution in [1.29, 1.82) is 0 Å². The molecule has 4 aromatic rings. The van der Waals surface area contributed by atoms with Crippen molar-refractivity contribution in [3.63, 3.8) is 0 Å². The molecule has 4 rings (SSSR count). The lowest BCUT2D eigenvalue weighted by molar-refractivity contribution is -2.00. The topological polar surface area (TPSA) is 113 Å². The van der Waals surface area contributed by atoms with E-state index in [1.807, 2.05) is 12.1 Å². The van der Waals surface area contributed by atoms with Crippen LogP contribution in [0.1, 0.15) is 25.0 Å². The first-order valence-corrected chi connectivity index (χ1v) is 12.4. The molecule has 0 radical (unpaired) electrons. The average molecular weight is 495 g/mol. The van der Waals surface area contributed by atoms with Crippen LogP contribution in [-0.4, -0.2) is 7.11 Å². The molecule has 0 saturated carbocycles. The SMILES string of the molecule is CCc1ccc(-c2cc(-c3ccc(OC)cc3)cc(-c3ccc(CC)cc3)[o+]2)cc1.[O-][Cl+3]([O-])([O-])[O-]. The Balaban J connectivity index is 0.000000623. The minimum Gasteiger partial charge on any atom is -0.497 e. The fourth-order valence-electron chi connectivity index (χ4n) is 3.55. The Kier molecular flexibility index (Phi) is 8.98. The van der Waals surface area contributed by atoms with Crippen molar-refractivity contribution in [2.24, 2.45) is 0 Å². The second kappa shape index (κ2) is 11.9. The maximum atomic E-state index is 8.49. The Bertz CT molecular complexity index is 1050. The van der Waals surface area contributed by atoms with Crippen molar-refractivity contribution in [2.45, 2.75) is 26.7 Å².